The van der Waals surface area contributed by atoms with Gasteiger partial charge in [0.1, 0.15) is 18.9 Å². The van der Waals surface area contributed by atoms with Crippen molar-refractivity contribution in [3.8, 4) is 5.75 Å². The maximum absolute atomic E-state index is 12.1. The van der Waals surface area contributed by atoms with Crippen LogP contribution in [0.3, 0.4) is 0 Å². The zero-order valence-electron chi connectivity index (χ0n) is 18.9. The van der Waals surface area contributed by atoms with Gasteiger partial charge in [-0.1, -0.05) is 43.7 Å². The van der Waals surface area contributed by atoms with Crippen molar-refractivity contribution in [1.82, 2.24) is 9.55 Å². The molecule has 0 aliphatic rings. The molecule has 10 heteroatoms. The lowest BCUT2D eigenvalue weighted by Gasteiger charge is -2.10. The number of carbonyl (C=O) groups excluding carboxylic acids is 1. The van der Waals surface area contributed by atoms with E-state index in [-0.39, 0.29) is 24.4 Å². The second kappa shape index (κ2) is 11.1. The van der Waals surface area contributed by atoms with E-state index >= 15 is 0 Å². The Hall–Kier alpha value is -4.21. The van der Waals surface area contributed by atoms with Crippen LogP contribution in [0.1, 0.15) is 57.6 Å². The van der Waals surface area contributed by atoms with Crippen molar-refractivity contribution in [2.75, 3.05) is 7.11 Å². The summed E-state index contributed by atoms with van der Waals surface area (Å²) in [5, 5.41) is 21.1. The van der Waals surface area contributed by atoms with Gasteiger partial charge in [0, 0.05) is 12.0 Å². The molecule has 0 unspecified atom stereocenters. The average Bonchev–Trinajstić information content (AvgIpc) is 3.20. The van der Waals surface area contributed by atoms with E-state index in [2.05, 4.69) is 9.72 Å². The molecule has 1 heterocycles. The van der Waals surface area contributed by atoms with E-state index in [4.69, 9.17) is 4.74 Å². The van der Waals surface area contributed by atoms with E-state index in [1.165, 1.54) is 10.6 Å². The number of methoxy groups -OCH3 is 1. The third-order valence-corrected chi connectivity index (χ3v) is 5.23. The van der Waals surface area contributed by atoms with Crippen LogP contribution in [0.25, 0.3) is 0 Å². The molecule has 34 heavy (non-hydrogen) atoms. The van der Waals surface area contributed by atoms with Gasteiger partial charge in [-0.3, -0.25) is 0 Å². The molecule has 178 valence electrons. The van der Waals surface area contributed by atoms with Gasteiger partial charge in [-0.25, -0.2) is 14.2 Å². The van der Waals surface area contributed by atoms with Gasteiger partial charge in [0.05, 0.1) is 12.7 Å². The highest BCUT2D eigenvalue weighted by Gasteiger charge is 2.32. The largest absolute Gasteiger partial charge is 0.489 e. The van der Waals surface area contributed by atoms with E-state index in [0.29, 0.717) is 23.6 Å². The highest BCUT2D eigenvalue weighted by molar-refractivity contribution is 5.91. The summed E-state index contributed by atoms with van der Waals surface area (Å²) < 4.78 is 11.8. The molecule has 0 aliphatic heterocycles. The molecule has 0 saturated carbocycles. The van der Waals surface area contributed by atoms with Crippen molar-refractivity contribution in [3.63, 3.8) is 0 Å². The number of nitro groups is 1. The van der Waals surface area contributed by atoms with Gasteiger partial charge in [0.15, 0.2) is 5.82 Å². The predicted molar refractivity (Wildman–Crippen MR) is 122 cm³/mol. The fourth-order valence-electron chi connectivity index (χ4n) is 3.49. The van der Waals surface area contributed by atoms with Crippen LogP contribution in [0.5, 0.6) is 5.75 Å². The Balaban J connectivity index is 1.82. The number of carboxylic acids is 1. The van der Waals surface area contributed by atoms with E-state index < -0.39 is 22.7 Å². The monoisotopic (exact) mass is 467 g/mol. The lowest BCUT2D eigenvalue weighted by atomic mass is 10.1. The lowest BCUT2D eigenvalue weighted by molar-refractivity contribution is -0.392. The molecule has 1 aromatic heterocycles. The molecule has 0 saturated heterocycles. The van der Waals surface area contributed by atoms with Crippen LogP contribution in [0.4, 0.5) is 5.82 Å². The predicted octanol–water partition coefficient (Wildman–Crippen LogP) is 4.25. The van der Waals surface area contributed by atoms with Crippen LogP contribution in [0, 0.1) is 10.1 Å². The Morgan fingerprint density at radius 3 is 2.47 bits per heavy atom. The fourth-order valence-corrected chi connectivity index (χ4v) is 3.49. The highest BCUT2D eigenvalue weighted by atomic mass is 16.6. The molecule has 0 aliphatic carbocycles. The minimum Gasteiger partial charge on any atom is -0.489 e. The quantitative estimate of drug-likeness (QED) is 0.251. The molecule has 2 aromatic carbocycles. The molecular formula is C24H25N3O7. The Morgan fingerprint density at radius 2 is 1.85 bits per heavy atom. The number of aryl methyl sites for hydroxylation is 1. The van der Waals surface area contributed by atoms with Gasteiger partial charge >= 0.3 is 17.8 Å². The molecule has 0 spiro atoms. The van der Waals surface area contributed by atoms with Crippen molar-refractivity contribution in [3.05, 3.63) is 86.9 Å². The fraction of sp³-hybridized carbons (Fsp3) is 0.292. The molecular weight excluding hydrogens is 442 g/mol. The first kappa shape index (κ1) is 24.4. The van der Waals surface area contributed by atoms with Gasteiger partial charge in [0.25, 0.3) is 0 Å². The van der Waals surface area contributed by atoms with Crippen molar-refractivity contribution in [2.24, 2.45) is 0 Å². The highest BCUT2D eigenvalue weighted by Crippen LogP contribution is 2.25. The van der Waals surface area contributed by atoms with Gasteiger partial charge in [-0.05, 0) is 35.1 Å². The molecule has 0 bridgehead atoms. The summed E-state index contributed by atoms with van der Waals surface area (Å²) in [6.07, 6.45) is 2.11. The first-order chi connectivity index (χ1) is 16.3. The van der Waals surface area contributed by atoms with Crippen LogP contribution in [-0.4, -0.2) is 38.6 Å². The number of unbranched alkanes of at least 4 members (excludes halogenated alkanes) is 1. The Kier molecular flexibility index (Phi) is 7.96. The minimum absolute atomic E-state index is 0.0818. The second-order valence-electron chi connectivity index (χ2n) is 7.53. The number of carbonyl (C=O) groups is 2. The van der Waals surface area contributed by atoms with Crippen LogP contribution in [0.15, 0.2) is 48.5 Å². The first-order valence-electron chi connectivity index (χ1n) is 10.7. The molecule has 0 fully saturated rings. The maximum atomic E-state index is 12.1. The van der Waals surface area contributed by atoms with Gasteiger partial charge in [-0.2, -0.15) is 4.98 Å². The summed E-state index contributed by atoms with van der Waals surface area (Å²) in [5.41, 5.74) is 1.15. The standard InChI is InChI=1S/C24H25N3O7/c1-3-4-9-20-25-21(24(30)33-2)22(27(31)32)26(20)14-16-10-12-18(13-11-16)34-15-17-7-5-6-8-19(17)23(28)29/h5-8,10-13H,3-4,9,14-15H2,1-2H3,(H,28,29). The van der Waals surface area contributed by atoms with Gasteiger partial charge < -0.3 is 24.7 Å². The third kappa shape index (κ3) is 5.58. The topological polar surface area (TPSA) is 134 Å². The summed E-state index contributed by atoms with van der Waals surface area (Å²) in [6.45, 7) is 2.22. The molecule has 1 N–H and O–H groups in total. The van der Waals surface area contributed by atoms with E-state index in [0.717, 1.165) is 25.5 Å². The molecule has 3 rings (SSSR count). The number of nitrogens with zero attached hydrogens (tertiary/aromatic N) is 3. The Bertz CT molecular complexity index is 1190. The zero-order valence-corrected chi connectivity index (χ0v) is 18.9. The van der Waals surface area contributed by atoms with Crippen molar-refractivity contribution < 1.29 is 29.1 Å². The molecule has 0 radical (unpaired) electrons. The van der Waals surface area contributed by atoms with Crippen molar-refractivity contribution in [1.29, 1.82) is 0 Å². The Morgan fingerprint density at radius 1 is 1.15 bits per heavy atom. The molecule has 0 amide bonds. The van der Waals surface area contributed by atoms with Crippen LogP contribution >= 0.6 is 0 Å². The van der Waals surface area contributed by atoms with Crippen molar-refractivity contribution >= 4 is 17.8 Å². The molecule has 10 nitrogen and oxygen atoms in total. The van der Waals surface area contributed by atoms with Crippen LogP contribution in [-0.2, 0) is 24.3 Å². The minimum atomic E-state index is -1.03. The normalized spacial score (nSPS) is 10.6. The van der Waals surface area contributed by atoms with E-state index in [1.54, 1.807) is 42.5 Å². The first-order valence-corrected chi connectivity index (χ1v) is 10.7. The lowest BCUT2D eigenvalue weighted by Crippen LogP contribution is -2.10. The number of carboxylic acid groups (broad SMARTS) is 1. The third-order valence-electron chi connectivity index (χ3n) is 5.23. The van der Waals surface area contributed by atoms with E-state index in [9.17, 15) is 24.8 Å². The average molecular weight is 467 g/mol. The number of benzene rings is 2. The number of hydrogen-bond donors (Lipinski definition) is 1. The van der Waals surface area contributed by atoms with Crippen LogP contribution in [0.2, 0.25) is 0 Å². The number of ether oxygens (including phenoxy) is 2. The number of aromatic carboxylic acids is 1. The summed E-state index contributed by atoms with van der Waals surface area (Å²) >= 11 is 0. The number of imidazole rings is 1. The van der Waals surface area contributed by atoms with Gasteiger partial charge in [-0.15, -0.1) is 0 Å². The Labute approximate surface area is 195 Å². The second-order valence-corrected chi connectivity index (χ2v) is 7.53. The molecule has 0 atom stereocenters. The number of rotatable bonds is 11. The summed E-state index contributed by atoms with van der Waals surface area (Å²) in [4.78, 5) is 38.8. The summed E-state index contributed by atoms with van der Waals surface area (Å²) in [5.74, 6) is -1.32. The SMILES string of the molecule is CCCCc1nc(C(=O)OC)c([N+](=O)[O-])n1Cc1ccc(OCc2ccccc2C(=O)O)cc1. The number of hydrogen-bond acceptors (Lipinski definition) is 7. The zero-order chi connectivity index (χ0) is 24.7. The summed E-state index contributed by atoms with van der Waals surface area (Å²) in [7, 11) is 1.16. The number of aromatic nitrogens is 2. The maximum Gasteiger partial charge on any atom is 0.365 e. The smallest absolute Gasteiger partial charge is 0.365 e. The van der Waals surface area contributed by atoms with Crippen molar-refractivity contribution in [2.45, 2.75) is 39.3 Å². The summed E-state index contributed by atoms with van der Waals surface area (Å²) in [6, 6.07) is 13.5. The van der Waals surface area contributed by atoms with Crippen LogP contribution < -0.4 is 4.74 Å². The van der Waals surface area contributed by atoms with E-state index in [1.807, 2.05) is 6.92 Å². The number of esters is 1. The van der Waals surface area contributed by atoms with Gasteiger partial charge in [0.2, 0.25) is 5.69 Å². The molecule has 3 aromatic rings.